The van der Waals surface area contributed by atoms with Gasteiger partial charge in [-0.25, -0.2) is 4.39 Å². The van der Waals surface area contributed by atoms with Gasteiger partial charge in [-0.2, -0.15) is 0 Å². The molecule has 5 nitrogen and oxygen atoms in total. The molecule has 0 saturated carbocycles. The van der Waals surface area contributed by atoms with Crippen LogP contribution in [0, 0.1) is 5.82 Å². The largest absolute Gasteiger partial charge is 0.295 e. The van der Waals surface area contributed by atoms with Gasteiger partial charge < -0.3 is 0 Å². The van der Waals surface area contributed by atoms with Gasteiger partial charge in [0.1, 0.15) is 16.5 Å². The molecule has 0 aliphatic carbocycles. The summed E-state index contributed by atoms with van der Waals surface area (Å²) in [5.41, 5.74) is 0.909. The van der Waals surface area contributed by atoms with Crippen molar-refractivity contribution in [3.63, 3.8) is 0 Å². The molecule has 0 atom stereocenters. The second kappa shape index (κ2) is 6.17. The number of hydrogen-bond acceptors (Lipinski definition) is 5. The van der Waals surface area contributed by atoms with E-state index in [2.05, 4.69) is 20.5 Å². The Hall–Kier alpha value is -2.38. The second-order valence-electron chi connectivity index (χ2n) is 4.21. The van der Waals surface area contributed by atoms with Crippen LogP contribution < -0.4 is 5.32 Å². The Kier molecular flexibility index (Phi) is 4.08. The van der Waals surface area contributed by atoms with E-state index in [1.807, 2.05) is 0 Å². The number of nitrogens with zero attached hydrogens (tertiary/aromatic N) is 3. The van der Waals surface area contributed by atoms with E-state index in [-0.39, 0.29) is 16.6 Å². The van der Waals surface area contributed by atoms with Crippen LogP contribution in [0.3, 0.4) is 0 Å². The average Bonchev–Trinajstić information content (AvgIpc) is 2.99. The van der Waals surface area contributed by atoms with E-state index in [1.54, 1.807) is 24.3 Å². The molecule has 0 radical (unpaired) electrons. The molecule has 3 aromatic rings. The van der Waals surface area contributed by atoms with Crippen LogP contribution in [-0.2, 0) is 0 Å². The van der Waals surface area contributed by atoms with Crippen molar-refractivity contribution >= 4 is 34.0 Å². The third-order valence-corrected chi connectivity index (χ3v) is 3.89. The van der Waals surface area contributed by atoms with E-state index >= 15 is 0 Å². The Morgan fingerprint density at radius 3 is 2.82 bits per heavy atom. The Morgan fingerprint density at radius 2 is 2.09 bits per heavy atom. The maximum Gasteiger partial charge on any atom is 0.276 e. The summed E-state index contributed by atoms with van der Waals surface area (Å²) in [5, 5.41) is 11.3. The van der Waals surface area contributed by atoms with Crippen LogP contribution in [0.4, 0.5) is 9.52 Å². The average molecular weight is 335 g/mol. The quantitative estimate of drug-likeness (QED) is 0.794. The number of carbonyl (C=O) groups is 1. The summed E-state index contributed by atoms with van der Waals surface area (Å²) < 4.78 is 13.2. The molecular formula is C14H8ClFN4OS. The Balaban J connectivity index is 1.79. The molecule has 22 heavy (non-hydrogen) atoms. The first-order chi connectivity index (χ1) is 10.6. The molecule has 1 aromatic carbocycles. The molecule has 2 aromatic heterocycles. The van der Waals surface area contributed by atoms with E-state index in [0.717, 1.165) is 11.3 Å². The van der Waals surface area contributed by atoms with E-state index < -0.39 is 5.82 Å². The van der Waals surface area contributed by atoms with E-state index in [4.69, 9.17) is 11.6 Å². The van der Waals surface area contributed by atoms with Gasteiger partial charge in [0.2, 0.25) is 5.13 Å². The number of anilines is 1. The van der Waals surface area contributed by atoms with Gasteiger partial charge in [0, 0.05) is 11.8 Å². The molecule has 8 heteroatoms. The van der Waals surface area contributed by atoms with Gasteiger partial charge in [0.25, 0.3) is 5.91 Å². The van der Waals surface area contributed by atoms with E-state index in [0.29, 0.717) is 15.7 Å². The summed E-state index contributed by atoms with van der Waals surface area (Å²) in [7, 11) is 0. The smallest absolute Gasteiger partial charge is 0.276 e. The number of amides is 1. The minimum atomic E-state index is -0.501. The predicted molar refractivity (Wildman–Crippen MR) is 82.5 cm³/mol. The monoisotopic (exact) mass is 334 g/mol. The molecule has 1 amide bonds. The lowest BCUT2D eigenvalue weighted by Gasteiger charge is -1.99. The first-order valence-corrected chi connectivity index (χ1v) is 7.34. The third-order valence-electron chi connectivity index (χ3n) is 2.71. The maximum absolute atomic E-state index is 13.2. The number of carbonyl (C=O) groups excluding carboxylic acids is 1. The van der Waals surface area contributed by atoms with Gasteiger partial charge in [-0.1, -0.05) is 29.0 Å². The van der Waals surface area contributed by atoms with Gasteiger partial charge >= 0.3 is 0 Å². The van der Waals surface area contributed by atoms with Crippen LogP contribution in [0.1, 0.15) is 10.5 Å². The normalized spacial score (nSPS) is 10.5. The van der Waals surface area contributed by atoms with Gasteiger partial charge in [0.05, 0.1) is 5.02 Å². The van der Waals surface area contributed by atoms with E-state index in [1.165, 1.54) is 18.3 Å². The third kappa shape index (κ3) is 3.10. The number of aromatic nitrogens is 3. The first-order valence-electron chi connectivity index (χ1n) is 6.15. The second-order valence-corrected chi connectivity index (χ2v) is 5.60. The van der Waals surface area contributed by atoms with E-state index in [9.17, 15) is 9.18 Å². The predicted octanol–water partition coefficient (Wildman–Crippen LogP) is 3.64. The molecule has 1 N–H and O–H groups in total. The fourth-order valence-electron chi connectivity index (χ4n) is 1.68. The molecule has 0 saturated heterocycles. The lowest BCUT2D eigenvalue weighted by molar-refractivity contribution is 0.102. The van der Waals surface area contributed by atoms with Gasteiger partial charge in [0.15, 0.2) is 0 Å². The van der Waals surface area contributed by atoms with Crippen LogP contribution in [0.15, 0.2) is 42.6 Å². The summed E-state index contributed by atoms with van der Waals surface area (Å²) in [5.74, 6) is -0.876. The summed E-state index contributed by atoms with van der Waals surface area (Å²) in [4.78, 5) is 15.9. The van der Waals surface area contributed by atoms with Crippen molar-refractivity contribution in [2.45, 2.75) is 0 Å². The lowest BCUT2D eigenvalue weighted by Crippen LogP contribution is -2.13. The molecular weight excluding hydrogens is 327 g/mol. The SMILES string of the molecule is O=C(Nc1nnc(-c2ccc(F)c(Cl)c2)s1)c1ccccn1. The summed E-state index contributed by atoms with van der Waals surface area (Å²) >= 11 is 6.90. The molecule has 0 unspecified atom stereocenters. The van der Waals surface area contributed by atoms with Gasteiger partial charge in [-0.15, -0.1) is 10.2 Å². The molecule has 0 aliphatic rings. The topological polar surface area (TPSA) is 67.8 Å². The zero-order valence-corrected chi connectivity index (χ0v) is 12.5. The molecule has 0 bridgehead atoms. The van der Waals surface area contributed by atoms with Crippen molar-refractivity contribution in [3.8, 4) is 10.6 Å². The first kappa shape index (κ1) is 14.6. The molecule has 0 aliphatic heterocycles. The zero-order chi connectivity index (χ0) is 15.5. The van der Waals surface area contributed by atoms with Crippen molar-refractivity contribution in [1.82, 2.24) is 15.2 Å². The summed E-state index contributed by atoms with van der Waals surface area (Å²) in [6.07, 6.45) is 1.53. The van der Waals surface area contributed by atoms with Crippen molar-refractivity contribution in [2.24, 2.45) is 0 Å². The van der Waals surface area contributed by atoms with Crippen LogP contribution in [0.2, 0.25) is 5.02 Å². The van der Waals surface area contributed by atoms with Crippen molar-refractivity contribution < 1.29 is 9.18 Å². The van der Waals surface area contributed by atoms with Gasteiger partial charge in [-0.3, -0.25) is 15.1 Å². The fourth-order valence-corrected chi connectivity index (χ4v) is 2.59. The van der Waals surface area contributed by atoms with Crippen LogP contribution in [-0.4, -0.2) is 21.1 Å². The zero-order valence-electron chi connectivity index (χ0n) is 11.0. The number of nitrogens with one attached hydrogen (secondary N) is 1. The Morgan fingerprint density at radius 1 is 1.23 bits per heavy atom. The van der Waals surface area contributed by atoms with Gasteiger partial charge in [-0.05, 0) is 30.3 Å². The standard InChI is InChI=1S/C14H8ClFN4OS/c15-9-7-8(4-5-10(9)16)13-19-20-14(22-13)18-12(21)11-3-1-2-6-17-11/h1-7H,(H,18,20,21). The molecule has 110 valence electrons. The highest BCUT2D eigenvalue weighted by Gasteiger charge is 2.12. The van der Waals surface area contributed by atoms with Crippen LogP contribution >= 0.6 is 22.9 Å². The molecule has 3 rings (SSSR count). The number of benzene rings is 1. The Bertz CT molecular complexity index is 825. The number of hydrogen-bond donors (Lipinski definition) is 1. The highest BCUT2D eigenvalue weighted by atomic mass is 35.5. The highest BCUT2D eigenvalue weighted by molar-refractivity contribution is 7.18. The van der Waals surface area contributed by atoms with Crippen molar-refractivity contribution in [1.29, 1.82) is 0 Å². The van der Waals surface area contributed by atoms with Crippen LogP contribution in [0.25, 0.3) is 10.6 Å². The minimum Gasteiger partial charge on any atom is -0.295 e. The number of rotatable bonds is 3. The number of pyridine rings is 1. The van der Waals surface area contributed by atoms with Crippen LogP contribution in [0.5, 0.6) is 0 Å². The Labute approximate surface area is 133 Å². The number of halogens is 2. The minimum absolute atomic E-state index is 0.00627. The highest BCUT2D eigenvalue weighted by Crippen LogP contribution is 2.29. The lowest BCUT2D eigenvalue weighted by atomic mass is 10.2. The maximum atomic E-state index is 13.2. The van der Waals surface area contributed by atoms with Crippen molar-refractivity contribution in [2.75, 3.05) is 5.32 Å². The molecule has 0 fully saturated rings. The summed E-state index contributed by atoms with van der Waals surface area (Å²) in [6.45, 7) is 0. The van der Waals surface area contributed by atoms with Crippen molar-refractivity contribution in [3.05, 3.63) is 59.1 Å². The molecule has 2 heterocycles. The fraction of sp³-hybridized carbons (Fsp3) is 0. The molecule has 0 spiro atoms. The summed E-state index contributed by atoms with van der Waals surface area (Å²) in [6, 6.07) is 9.29.